The molecule has 1 aromatic heterocycles. The molecule has 0 aliphatic carbocycles. The monoisotopic (exact) mass is 277 g/mol. The maximum absolute atomic E-state index is 11.3. The van der Waals surface area contributed by atoms with Crippen molar-refractivity contribution in [2.24, 2.45) is 5.11 Å². The lowest BCUT2D eigenvalue weighted by molar-refractivity contribution is 0.602. The minimum atomic E-state index is -3.21. The molecule has 0 aliphatic heterocycles. The minimum absolute atomic E-state index is 0.246. The van der Waals surface area contributed by atoms with Crippen LogP contribution in [0.25, 0.3) is 16.1 Å². The van der Waals surface area contributed by atoms with Crippen LogP contribution in [0.3, 0.4) is 0 Å². The highest BCUT2D eigenvalue weighted by molar-refractivity contribution is 7.90. The highest BCUT2D eigenvalue weighted by Gasteiger charge is 2.08. The molecule has 0 N–H and O–H groups in total. The van der Waals surface area contributed by atoms with Crippen molar-refractivity contribution >= 4 is 15.7 Å². The zero-order valence-corrected chi connectivity index (χ0v) is 11.2. The summed E-state index contributed by atoms with van der Waals surface area (Å²) < 4.78 is 24.2. The van der Waals surface area contributed by atoms with Gasteiger partial charge >= 0.3 is 0 Å². The predicted molar refractivity (Wildman–Crippen MR) is 70.2 cm³/mol. The standard InChI is InChI=1S/C11H11N5O2S/c1-8-7-16(14-11(8)13-15-12)9-3-5-10(6-4-9)19(2,17)18/h3-7H,1-2H3. The van der Waals surface area contributed by atoms with E-state index in [2.05, 4.69) is 15.1 Å². The molecule has 0 atom stereocenters. The summed E-state index contributed by atoms with van der Waals surface area (Å²) in [6.45, 7) is 1.78. The molecule has 0 radical (unpaired) electrons. The largest absolute Gasteiger partial charge is 0.240 e. The van der Waals surface area contributed by atoms with Gasteiger partial charge in [0, 0.05) is 17.4 Å². The van der Waals surface area contributed by atoms with Crippen molar-refractivity contribution in [3.63, 3.8) is 0 Å². The van der Waals surface area contributed by atoms with Gasteiger partial charge in [0.05, 0.1) is 10.6 Å². The molecule has 0 saturated heterocycles. The topological polar surface area (TPSA) is 101 Å². The summed E-state index contributed by atoms with van der Waals surface area (Å²) in [5, 5.41) is 7.57. The quantitative estimate of drug-likeness (QED) is 0.489. The molecule has 98 valence electrons. The third-order valence-corrected chi connectivity index (χ3v) is 3.67. The van der Waals surface area contributed by atoms with Gasteiger partial charge in [-0.25, -0.2) is 13.1 Å². The zero-order valence-electron chi connectivity index (χ0n) is 10.3. The fourth-order valence-corrected chi connectivity index (χ4v) is 2.20. The van der Waals surface area contributed by atoms with Gasteiger partial charge in [-0.15, -0.1) is 0 Å². The lowest BCUT2D eigenvalue weighted by Crippen LogP contribution is -1.99. The Kier molecular flexibility index (Phi) is 3.28. The second-order valence-electron chi connectivity index (χ2n) is 4.04. The van der Waals surface area contributed by atoms with Gasteiger partial charge in [0.15, 0.2) is 15.7 Å². The highest BCUT2D eigenvalue weighted by Crippen LogP contribution is 2.19. The second kappa shape index (κ2) is 4.75. The van der Waals surface area contributed by atoms with E-state index in [1.54, 1.807) is 25.3 Å². The van der Waals surface area contributed by atoms with Crippen LogP contribution >= 0.6 is 0 Å². The third-order valence-electron chi connectivity index (χ3n) is 2.54. The molecular weight excluding hydrogens is 266 g/mol. The predicted octanol–water partition coefficient (Wildman–Crippen LogP) is 2.53. The van der Waals surface area contributed by atoms with Crippen LogP contribution in [0.1, 0.15) is 5.56 Å². The Balaban J connectivity index is 2.43. The molecular formula is C11H11N5O2S. The molecule has 1 aromatic carbocycles. The van der Waals surface area contributed by atoms with E-state index in [1.807, 2.05) is 0 Å². The lowest BCUT2D eigenvalue weighted by atomic mass is 10.3. The van der Waals surface area contributed by atoms with Crippen molar-refractivity contribution in [3.8, 4) is 5.69 Å². The van der Waals surface area contributed by atoms with E-state index in [1.165, 1.54) is 16.8 Å². The van der Waals surface area contributed by atoms with Gasteiger partial charge in [-0.1, -0.05) is 0 Å². The van der Waals surface area contributed by atoms with Crippen LogP contribution in [-0.4, -0.2) is 24.5 Å². The highest BCUT2D eigenvalue weighted by atomic mass is 32.2. The Hall–Kier alpha value is -2.31. The molecule has 0 amide bonds. The summed E-state index contributed by atoms with van der Waals surface area (Å²) in [7, 11) is -3.21. The molecule has 0 aliphatic rings. The molecule has 0 spiro atoms. The van der Waals surface area contributed by atoms with E-state index < -0.39 is 9.84 Å². The first-order chi connectivity index (χ1) is 8.91. The van der Waals surface area contributed by atoms with Crippen LogP contribution in [0.2, 0.25) is 0 Å². The Labute approximate surface area is 110 Å². The average Bonchev–Trinajstić information content (AvgIpc) is 2.71. The smallest absolute Gasteiger partial charge is 0.175 e. The first-order valence-corrected chi connectivity index (χ1v) is 7.23. The number of nitrogens with zero attached hydrogens (tertiary/aromatic N) is 5. The fraction of sp³-hybridized carbons (Fsp3) is 0.182. The first kappa shape index (κ1) is 13.1. The summed E-state index contributed by atoms with van der Waals surface area (Å²) in [6.07, 6.45) is 2.86. The summed E-state index contributed by atoms with van der Waals surface area (Å²) in [5.74, 6) is 0.301. The summed E-state index contributed by atoms with van der Waals surface area (Å²) >= 11 is 0. The van der Waals surface area contributed by atoms with Crippen molar-refractivity contribution in [2.45, 2.75) is 11.8 Å². The van der Waals surface area contributed by atoms with Crippen molar-refractivity contribution < 1.29 is 8.42 Å². The van der Waals surface area contributed by atoms with Gasteiger partial charge in [0.25, 0.3) is 0 Å². The molecule has 2 rings (SSSR count). The number of rotatable bonds is 3. The van der Waals surface area contributed by atoms with E-state index in [9.17, 15) is 8.42 Å². The van der Waals surface area contributed by atoms with E-state index in [-0.39, 0.29) is 4.90 Å². The van der Waals surface area contributed by atoms with Crippen LogP contribution in [0.5, 0.6) is 0 Å². The Morgan fingerprint density at radius 3 is 2.47 bits per heavy atom. The number of sulfone groups is 1. The van der Waals surface area contributed by atoms with Gasteiger partial charge in [-0.05, 0) is 47.4 Å². The van der Waals surface area contributed by atoms with E-state index in [0.29, 0.717) is 11.5 Å². The molecule has 0 fully saturated rings. The molecule has 7 nitrogen and oxygen atoms in total. The number of hydrogen-bond donors (Lipinski definition) is 0. The maximum atomic E-state index is 11.3. The van der Waals surface area contributed by atoms with Crippen molar-refractivity contribution in [2.75, 3.05) is 6.26 Å². The maximum Gasteiger partial charge on any atom is 0.175 e. The second-order valence-corrected chi connectivity index (χ2v) is 6.05. The molecule has 0 bridgehead atoms. The first-order valence-electron chi connectivity index (χ1n) is 5.33. The van der Waals surface area contributed by atoms with Crippen LogP contribution in [0.4, 0.5) is 5.82 Å². The Bertz CT molecular complexity index is 755. The van der Waals surface area contributed by atoms with Gasteiger partial charge in [0.1, 0.15) is 0 Å². The molecule has 1 heterocycles. The number of benzene rings is 1. The van der Waals surface area contributed by atoms with E-state index in [4.69, 9.17) is 5.53 Å². The number of aromatic nitrogens is 2. The molecule has 8 heteroatoms. The van der Waals surface area contributed by atoms with Gasteiger partial charge in [-0.3, -0.25) is 0 Å². The van der Waals surface area contributed by atoms with Crippen molar-refractivity contribution in [1.29, 1.82) is 0 Å². The lowest BCUT2D eigenvalue weighted by Gasteiger charge is -2.02. The minimum Gasteiger partial charge on any atom is -0.240 e. The van der Waals surface area contributed by atoms with Gasteiger partial charge < -0.3 is 0 Å². The molecule has 0 saturated carbocycles. The Morgan fingerprint density at radius 1 is 1.32 bits per heavy atom. The molecule has 2 aromatic rings. The number of aryl methyl sites for hydroxylation is 1. The summed E-state index contributed by atoms with van der Waals surface area (Å²) in [5.41, 5.74) is 9.82. The van der Waals surface area contributed by atoms with E-state index >= 15 is 0 Å². The van der Waals surface area contributed by atoms with Crippen LogP contribution in [0, 0.1) is 6.92 Å². The van der Waals surface area contributed by atoms with Crippen LogP contribution in [-0.2, 0) is 9.84 Å². The van der Waals surface area contributed by atoms with Crippen LogP contribution < -0.4 is 0 Å². The number of azide groups is 1. The Morgan fingerprint density at radius 2 is 1.95 bits per heavy atom. The third kappa shape index (κ3) is 2.75. The average molecular weight is 277 g/mol. The summed E-state index contributed by atoms with van der Waals surface area (Å²) in [4.78, 5) is 2.94. The molecule has 19 heavy (non-hydrogen) atoms. The van der Waals surface area contributed by atoms with Crippen LogP contribution in [0.15, 0.2) is 40.5 Å². The fourth-order valence-electron chi connectivity index (χ4n) is 1.57. The zero-order chi connectivity index (χ0) is 14.0. The molecule has 0 unspecified atom stereocenters. The summed E-state index contributed by atoms with van der Waals surface area (Å²) in [6, 6.07) is 6.30. The van der Waals surface area contributed by atoms with Gasteiger partial charge in [-0.2, -0.15) is 5.10 Å². The van der Waals surface area contributed by atoms with Crippen molar-refractivity contribution in [1.82, 2.24) is 9.78 Å². The number of hydrogen-bond acceptors (Lipinski definition) is 4. The van der Waals surface area contributed by atoms with Crippen molar-refractivity contribution in [3.05, 3.63) is 46.5 Å². The SMILES string of the molecule is Cc1cn(-c2ccc(S(C)(=O)=O)cc2)nc1N=[N+]=[N-]. The van der Waals surface area contributed by atoms with Gasteiger partial charge in [0.2, 0.25) is 0 Å². The van der Waals surface area contributed by atoms with E-state index in [0.717, 1.165) is 11.8 Å². The normalized spacial score (nSPS) is 11.1.